The van der Waals surface area contributed by atoms with Crippen LogP contribution in [0.1, 0.15) is 36.3 Å². The number of amides is 1. The van der Waals surface area contributed by atoms with Gasteiger partial charge in [-0.1, -0.05) is 28.1 Å². The van der Waals surface area contributed by atoms with E-state index in [1.54, 1.807) is 4.68 Å². The minimum absolute atomic E-state index is 0.0583. The molecular weight excluding hydrogens is 366 g/mol. The molecule has 116 valence electrons. The molecule has 1 aromatic carbocycles. The third kappa shape index (κ3) is 2.75. The van der Waals surface area contributed by atoms with E-state index in [9.17, 15) is 9.59 Å². The Morgan fingerprint density at radius 1 is 1.36 bits per heavy atom. The molecule has 0 aliphatic carbocycles. The van der Waals surface area contributed by atoms with Gasteiger partial charge in [0.05, 0.1) is 16.6 Å². The standard InChI is InChI=1S/C15H16BrN3O2S/c1-8(2)19-14-12(15(21)18-19)13(22-7-11(20)17-14)9-4-3-5-10(16)6-9/h3-6,8,13H,7H2,1-2H3,(H,17,20)(H,18,21). The molecule has 0 saturated heterocycles. The van der Waals surface area contributed by atoms with Gasteiger partial charge in [-0.25, -0.2) is 0 Å². The van der Waals surface area contributed by atoms with Crippen LogP contribution in [0, 0.1) is 0 Å². The number of fused-ring (bicyclic) bond motifs is 1. The number of hydrogen-bond donors (Lipinski definition) is 2. The van der Waals surface area contributed by atoms with Crippen LogP contribution in [0.5, 0.6) is 0 Å². The zero-order valence-corrected chi connectivity index (χ0v) is 14.6. The van der Waals surface area contributed by atoms with Crippen LogP contribution in [0.4, 0.5) is 5.82 Å². The Balaban J connectivity index is 2.19. The van der Waals surface area contributed by atoms with E-state index >= 15 is 0 Å². The van der Waals surface area contributed by atoms with Crippen molar-refractivity contribution in [2.24, 2.45) is 0 Å². The highest BCUT2D eigenvalue weighted by molar-refractivity contribution is 9.10. The molecule has 1 unspecified atom stereocenters. The second kappa shape index (κ2) is 5.96. The molecule has 22 heavy (non-hydrogen) atoms. The molecule has 0 spiro atoms. The maximum Gasteiger partial charge on any atom is 0.270 e. The highest BCUT2D eigenvalue weighted by Gasteiger charge is 2.30. The van der Waals surface area contributed by atoms with Crippen LogP contribution in [-0.4, -0.2) is 21.4 Å². The summed E-state index contributed by atoms with van der Waals surface area (Å²) in [6, 6.07) is 7.91. The molecule has 5 nitrogen and oxygen atoms in total. The van der Waals surface area contributed by atoms with Crippen LogP contribution in [0.3, 0.4) is 0 Å². The lowest BCUT2D eigenvalue weighted by atomic mass is 10.1. The first kappa shape index (κ1) is 15.4. The van der Waals surface area contributed by atoms with Crippen LogP contribution in [-0.2, 0) is 4.79 Å². The Labute approximate surface area is 140 Å². The lowest BCUT2D eigenvalue weighted by molar-refractivity contribution is -0.113. The number of carbonyl (C=O) groups excluding carboxylic acids is 1. The first-order valence-electron chi connectivity index (χ1n) is 6.98. The predicted molar refractivity (Wildman–Crippen MR) is 92.5 cm³/mol. The number of nitrogens with one attached hydrogen (secondary N) is 2. The summed E-state index contributed by atoms with van der Waals surface area (Å²) in [5, 5.41) is 5.54. The Bertz CT molecular complexity index is 781. The van der Waals surface area contributed by atoms with Gasteiger partial charge in [-0.15, -0.1) is 11.8 Å². The van der Waals surface area contributed by atoms with Crippen LogP contribution in [0.15, 0.2) is 33.5 Å². The van der Waals surface area contributed by atoms with Gasteiger partial charge in [-0.2, -0.15) is 0 Å². The molecule has 1 aliphatic rings. The largest absolute Gasteiger partial charge is 0.310 e. The van der Waals surface area contributed by atoms with Crippen molar-refractivity contribution in [1.82, 2.24) is 9.78 Å². The van der Waals surface area contributed by atoms with Crippen molar-refractivity contribution in [2.75, 3.05) is 11.1 Å². The van der Waals surface area contributed by atoms with Crippen molar-refractivity contribution >= 4 is 39.4 Å². The topological polar surface area (TPSA) is 66.9 Å². The number of rotatable bonds is 2. The SMILES string of the molecule is CC(C)n1[nH]c(=O)c2c1NC(=O)CSC2c1cccc(Br)c1. The summed E-state index contributed by atoms with van der Waals surface area (Å²) in [6.45, 7) is 3.93. The van der Waals surface area contributed by atoms with Gasteiger partial charge >= 0.3 is 0 Å². The van der Waals surface area contributed by atoms with Crippen molar-refractivity contribution in [2.45, 2.75) is 25.1 Å². The normalized spacial score (nSPS) is 18.0. The maximum atomic E-state index is 12.5. The Morgan fingerprint density at radius 2 is 2.14 bits per heavy atom. The van der Waals surface area contributed by atoms with Crippen molar-refractivity contribution in [3.63, 3.8) is 0 Å². The summed E-state index contributed by atoms with van der Waals surface area (Å²) in [5.41, 5.74) is 1.47. The molecular formula is C15H16BrN3O2S. The summed E-state index contributed by atoms with van der Waals surface area (Å²) in [4.78, 5) is 24.5. The highest BCUT2D eigenvalue weighted by atomic mass is 79.9. The minimum atomic E-state index is -0.171. The van der Waals surface area contributed by atoms with E-state index in [4.69, 9.17) is 0 Å². The number of carbonyl (C=O) groups is 1. The third-order valence-electron chi connectivity index (χ3n) is 3.53. The van der Waals surface area contributed by atoms with Gasteiger partial charge in [-0.05, 0) is 31.5 Å². The average Bonchev–Trinajstić information content (AvgIpc) is 2.67. The van der Waals surface area contributed by atoms with E-state index in [1.165, 1.54) is 11.8 Å². The number of aromatic amines is 1. The summed E-state index contributed by atoms with van der Waals surface area (Å²) < 4.78 is 2.68. The van der Waals surface area contributed by atoms with Gasteiger partial charge in [-0.3, -0.25) is 19.4 Å². The number of thioether (sulfide) groups is 1. The zero-order valence-electron chi connectivity index (χ0n) is 12.2. The summed E-state index contributed by atoms with van der Waals surface area (Å²) in [5.74, 6) is 0.820. The lowest BCUT2D eigenvalue weighted by Gasteiger charge is -2.15. The number of aromatic nitrogens is 2. The number of anilines is 1. The van der Waals surface area contributed by atoms with E-state index in [0.29, 0.717) is 17.1 Å². The number of nitrogens with zero attached hydrogens (tertiary/aromatic N) is 1. The molecule has 0 radical (unpaired) electrons. The Morgan fingerprint density at radius 3 is 2.82 bits per heavy atom. The van der Waals surface area contributed by atoms with Gasteiger partial charge in [0.25, 0.3) is 5.56 Å². The Kier molecular flexibility index (Phi) is 4.18. The molecule has 1 aliphatic heterocycles. The van der Waals surface area contributed by atoms with Gasteiger partial charge < -0.3 is 5.32 Å². The van der Waals surface area contributed by atoms with Crippen molar-refractivity contribution in [1.29, 1.82) is 0 Å². The molecule has 0 saturated carbocycles. The molecule has 2 N–H and O–H groups in total. The summed E-state index contributed by atoms with van der Waals surface area (Å²) >= 11 is 4.93. The zero-order chi connectivity index (χ0) is 15.9. The second-order valence-electron chi connectivity index (χ2n) is 5.46. The summed E-state index contributed by atoms with van der Waals surface area (Å²) in [6.07, 6.45) is 0. The fourth-order valence-electron chi connectivity index (χ4n) is 2.56. The molecule has 0 bridgehead atoms. The fraction of sp³-hybridized carbons (Fsp3) is 0.333. The number of halogens is 1. The van der Waals surface area contributed by atoms with Gasteiger partial charge in [0.15, 0.2) is 0 Å². The first-order chi connectivity index (χ1) is 10.5. The number of hydrogen-bond acceptors (Lipinski definition) is 3. The van der Waals surface area contributed by atoms with Crippen LogP contribution < -0.4 is 10.9 Å². The highest BCUT2D eigenvalue weighted by Crippen LogP contribution is 2.40. The van der Waals surface area contributed by atoms with Gasteiger partial charge in [0.1, 0.15) is 5.82 Å². The maximum absolute atomic E-state index is 12.5. The van der Waals surface area contributed by atoms with Crippen LogP contribution in [0.25, 0.3) is 0 Å². The van der Waals surface area contributed by atoms with Gasteiger partial charge in [0, 0.05) is 10.5 Å². The number of benzene rings is 1. The smallest absolute Gasteiger partial charge is 0.270 e. The van der Waals surface area contributed by atoms with Crippen molar-refractivity contribution in [3.8, 4) is 0 Å². The first-order valence-corrected chi connectivity index (χ1v) is 8.83. The monoisotopic (exact) mass is 381 g/mol. The lowest BCUT2D eigenvalue weighted by Crippen LogP contribution is -2.17. The molecule has 1 amide bonds. The second-order valence-corrected chi connectivity index (χ2v) is 7.47. The molecule has 7 heteroatoms. The van der Waals surface area contributed by atoms with Crippen molar-refractivity contribution < 1.29 is 4.79 Å². The predicted octanol–water partition coefficient (Wildman–Crippen LogP) is 3.29. The molecule has 1 atom stereocenters. The van der Waals surface area contributed by atoms with E-state index < -0.39 is 0 Å². The fourth-order valence-corrected chi connectivity index (χ4v) is 4.10. The quantitative estimate of drug-likeness (QED) is 0.838. The third-order valence-corrected chi connectivity index (χ3v) is 5.29. The molecule has 2 aromatic rings. The van der Waals surface area contributed by atoms with E-state index in [0.717, 1.165) is 10.0 Å². The Hall–Kier alpha value is -1.47. The minimum Gasteiger partial charge on any atom is -0.310 e. The van der Waals surface area contributed by atoms with E-state index in [-0.39, 0.29) is 22.8 Å². The number of H-pyrrole nitrogens is 1. The van der Waals surface area contributed by atoms with Crippen LogP contribution >= 0.6 is 27.7 Å². The van der Waals surface area contributed by atoms with Crippen LogP contribution in [0.2, 0.25) is 0 Å². The van der Waals surface area contributed by atoms with Crippen molar-refractivity contribution in [3.05, 3.63) is 50.2 Å². The molecule has 1 aromatic heterocycles. The summed E-state index contributed by atoms with van der Waals surface area (Å²) in [7, 11) is 0. The van der Waals surface area contributed by atoms with E-state index in [2.05, 4.69) is 26.3 Å². The molecule has 2 heterocycles. The average molecular weight is 382 g/mol. The molecule has 0 fully saturated rings. The van der Waals surface area contributed by atoms with E-state index in [1.807, 2.05) is 38.1 Å². The molecule has 3 rings (SSSR count). The van der Waals surface area contributed by atoms with Gasteiger partial charge in [0.2, 0.25) is 5.91 Å².